The first-order valence-electron chi connectivity index (χ1n) is 8.93. The number of benzene rings is 1. The van der Waals surface area contributed by atoms with E-state index in [-0.39, 0.29) is 17.3 Å². The molecule has 2 aromatic heterocycles. The summed E-state index contributed by atoms with van der Waals surface area (Å²) < 4.78 is 42.0. The Morgan fingerprint density at radius 2 is 1.86 bits per heavy atom. The van der Waals surface area contributed by atoms with Crippen LogP contribution in [0.4, 0.5) is 0 Å². The van der Waals surface area contributed by atoms with E-state index in [2.05, 4.69) is 14.9 Å². The summed E-state index contributed by atoms with van der Waals surface area (Å²) in [7, 11) is -2.04. The predicted octanol–water partition coefficient (Wildman–Crippen LogP) is 2.88. The van der Waals surface area contributed by atoms with Crippen LogP contribution in [0.3, 0.4) is 0 Å². The molecular weight excluding hydrogens is 380 g/mol. The molecule has 150 valence electrons. The number of nitrogens with zero attached hydrogens (tertiary/aromatic N) is 3. The van der Waals surface area contributed by atoms with Crippen LogP contribution in [0.1, 0.15) is 29.8 Å². The fraction of sp³-hybridized carbons (Fsp3) is 0.368. The Balaban J connectivity index is 2.00. The van der Waals surface area contributed by atoms with Gasteiger partial charge >= 0.3 is 0 Å². The molecule has 0 aliphatic carbocycles. The molecule has 3 rings (SSSR count). The summed E-state index contributed by atoms with van der Waals surface area (Å²) in [6.45, 7) is 7.73. The van der Waals surface area contributed by atoms with Gasteiger partial charge in [0.1, 0.15) is 10.6 Å². The summed E-state index contributed by atoms with van der Waals surface area (Å²) in [5.41, 5.74) is 2.50. The Labute approximate surface area is 164 Å². The van der Waals surface area contributed by atoms with Crippen molar-refractivity contribution in [3.63, 3.8) is 0 Å². The Bertz CT molecular complexity index is 1100. The quantitative estimate of drug-likeness (QED) is 0.650. The van der Waals surface area contributed by atoms with Gasteiger partial charge in [0, 0.05) is 37.5 Å². The number of sulfonamides is 1. The monoisotopic (exact) mass is 404 g/mol. The molecule has 0 unspecified atom stereocenters. The Morgan fingerprint density at radius 1 is 1.14 bits per heavy atom. The maximum absolute atomic E-state index is 13.2. The van der Waals surface area contributed by atoms with E-state index in [9.17, 15) is 8.42 Å². The first kappa shape index (κ1) is 20.1. The smallest absolute Gasteiger partial charge is 0.250 e. The van der Waals surface area contributed by atoms with Crippen LogP contribution in [0.2, 0.25) is 0 Å². The molecule has 0 radical (unpaired) electrons. The molecule has 0 bridgehead atoms. The van der Waals surface area contributed by atoms with Gasteiger partial charge in [-0.3, -0.25) is 0 Å². The van der Waals surface area contributed by atoms with Gasteiger partial charge in [0.25, 0.3) is 5.89 Å². The Morgan fingerprint density at radius 3 is 2.50 bits per heavy atom. The van der Waals surface area contributed by atoms with Crippen LogP contribution in [-0.4, -0.2) is 29.8 Å². The molecule has 1 N–H and O–H groups in total. The highest BCUT2D eigenvalue weighted by Crippen LogP contribution is 2.34. The second-order valence-corrected chi connectivity index (χ2v) is 8.13. The van der Waals surface area contributed by atoms with Crippen LogP contribution < -0.4 is 9.46 Å². The van der Waals surface area contributed by atoms with Crippen molar-refractivity contribution in [1.29, 1.82) is 0 Å². The van der Waals surface area contributed by atoms with Gasteiger partial charge in [-0.25, -0.2) is 13.1 Å². The number of rotatable bonds is 7. The molecule has 0 saturated carbocycles. The van der Waals surface area contributed by atoms with E-state index in [0.717, 1.165) is 11.3 Å². The summed E-state index contributed by atoms with van der Waals surface area (Å²) in [5, 5.41) is 7.85. The van der Waals surface area contributed by atoms with Gasteiger partial charge in [-0.05, 0) is 26.8 Å². The molecule has 0 fully saturated rings. The molecule has 0 aliphatic heterocycles. The lowest BCUT2D eigenvalue weighted by molar-refractivity contribution is 0.336. The summed E-state index contributed by atoms with van der Waals surface area (Å²) in [6.07, 6.45) is 0. The molecule has 2 heterocycles. The highest BCUT2D eigenvalue weighted by Gasteiger charge is 2.30. The van der Waals surface area contributed by atoms with Crippen molar-refractivity contribution in [3.05, 3.63) is 47.1 Å². The first-order chi connectivity index (χ1) is 13.3. The van der Waals surface area contributed by atoms with Crippen molar-refractivity contribution >= 4 is 10.0 Å². The van der Waals surface area contributed by atoms with E-state index in [1.165, 1.54) is 0 Å². The van der Waals surface area contributed by atoms with Gasteiger partial charge in [0.2, 0.25) is 15.9 Å². The number of hydrogen-bond acceptors (Lipinski definition) is 6. The lowest BCUT2D eigenvalue weighted by Gasteiger charge is -2.12. The zero-order valence-corrected chi connectivity index (χ0v) is 17.4. The van der Waals surface area contributed by atoms with E-state index in [1.54, 1.807) is 25.5 Å². The second kappa shape index (κ2) is 7.76. The van der Waals surface area contributed by atoms with Crippen LogP contribution in [0.25, 0.3) is 11.5 Å². The van der Waals surface area contributed by atoms with Gasteiger partial charge in [0.15, 0.2) is 0 Å². The number of nitrogens with one attached hydrogen (secondary N) is 1. The van der Waals surface area contributed by atoms with Crippen LogP contribution in [0, 0.1) is 20.8 Å². The number of ether oxygens (including phenoxy) is 1. The standard InChI is InChI=1S/C19H24N4O4S/c1-6-26-16-10-8-7-9-15(16)11-20-28(24,25)18-13(3)23(5)12(2)17(18)19-22-21-14(4)27-19/h7-10,20H,6,11H2,1-5H3. The van der Waals surface area contributed by atoms with E-state index in [4.69, 9.17) is 9.15 Å². The van der Waals surface area contributed by atoms with Crippen molar-refractivity contribution in [1.82, 2.24) is 19.5 Å². The zero-order valence-electron chi connectivity index (χ0n) is 16.6. The number of aryl methyl sites for hydroxylation is 1. The summed E-state index contributed by atoms with van der Waals surface area (Å²) in [4.78, 5) is 0.144. The predicted molar refractivity (Wildman–Crippen MR) is 105 cm³/mol. The third-order valence-electron chi connectivity index (χ3n) is 4.66. The van der Waals surface area contributed by atoms with Crippen molar-refractivity contribution in [2.45, 2.75) is 39.1 Å². The van der Waals surface area contributed by atoms with Crippen molar-refractivity contribution in [2.75, 3.05) is 6.61 Å². The van der Waals surface area contributed by atoms with E-state index in [1.807, 2.05) is 38.1 Å². The maximum Gasteiger partial charge on any atom is 0.250 e. The van der Waals surface area contributed by atoms with Crippen LogP contribution in [0.5, 0.6) is 5.75 Å². The molecular formula is C19H24N4O4S. The van der Waals surface area contributed by atoms with E-state index >= 15 is 0 Å². The lowest BCUT2D eigenvalue weighted by Crippen LogP contribution is -2.24. The topological polar surface area (TPSA) is 99.2 Å². The SMILES string of the molecule is CCOc1ccccc1CNS(=O)(=O)c1c(-c2nnc(C)o2)c(C)n(C)c1C. The number of hydrogen-bond donors (Lipinski definition) is 1. The van der Waals surface area contributed by atoms with Gasteiger partial charge in [-0.2, -0.15) is 0 Å². The summed E-state index contributed by atoms with van der Waals surface area (Å²) >= 11 is 0. The highest BCUT2D eigenvalue weighted by molar-refractivity contribution is 7.89. The minimum absolute atomic E-state index is 0.105. The minimum atomic E-state index is -3.85. The third kappa shape index (κ3) is 3.67. The normalized spacial score (nSPS) is 11.8. The number of para-hydroxylation sites is 1. The molecule has 0 spiro atoms. The molecule has 1 aromatic carbocycles. The minimum Gasteiger partial charge on any atom is -0.494 e. The molecule has 0 saturated heterocycles. The largest absolute Gasteiger partial charge is 0.494 e. The van der Waals surface area contributed by atoms with Crippen molar-refractivity contribution in [3.8, 4) is 17.2 Å². The average Bonchev–Trinajstić information content (AvgIpc) is 3.18. The lowest BCUT2D eigenvalue weighted by atomic mass is 10.2. The van der Waals surface area contributed by atoms with Gasteiger partial charge in [-0.15, -0.1) is 10.2 Å². The van der Waals surface area contributed by atoms with Gasteiger partial charge < -0.3 is 13.7 Å². The molecule has 28 heavy (non-hydrogen) atoms. The van der Waals surface area contributed by atoms with E-state index in [0.29, 0.717) is 29.5 Å². The molecule has 3 aromatic rings. The molecule has 8 nitrogen and oxygen atoms in total. The second-order valence-electron chi connectivity index (χ2n) is 6.43. The fourth-order valence-corrected chi connectivity index (χ4v) is 4.61. The zero-order chi connectivity index (χ0) is 20.5. The Hall–Kier alpha value is -2.65. The van der Waals surface area contributed by atoms with E-state index < -0.39 is 10.0 Å². The third-order valence-corrected chi connectivity index (χ3v) is 6.22. The van der Waals surface area contributed by atoms with Crippen LogP contribution in [0.15, 0.2) is 33.6 Å². The van der Waals surface area contributed by atoms with Gasteiger partial charge in [0.05, 0.1) is 12.2 Å². The molecule has 9 heteroatoms. The van der Waals surface area contributed by atoms with Crippen LogP contribution in [-0.2, 0) is 23.6 Å². The highest BCUT2D eigenvalue weighted by atomic mass is 32.2. The van der Waals surface area contributed by atoms with Gasteiger partial charge in [-0.1, -0.05) is 18.2 Å². The summed E-state index contributed by atoms with van der Waals surface area (Å²) in [6, 6.07) is 7.34. The molecule has 0 atom stereocenters. The maximum atomic E-state index is 13.2. The fourth-order valence-electron chi connectivity index (χ4n) is 3.09. The van der Waals surface area contributed by atoms with Crippen molar-refractivity contribution in [2.24, 2.45) is 7.05 Å². The Kier molecular flexibility index (Phi) is 5.57. The molecule has 0 amide bonds. The summed E-state index contributed by atoms with van der Waals surface area (Å²) in [5.74, 6) is 1.22. The number of aromatic nitrogens is 3. The average molecular weight is 404 g/mol. The molecule has 0 aliphatic rings. The first-order valence-corrected chi connectivity index (χ1v) is 10.4. The van der Waals surface area contributed by atoms with Crippen LogP contribution >= 0.6 is 0 Å². The van der Waals surface area contributed by atoms with Crippen molar-refractivity contribution < 1.29 is 17.6 Å².